The fourth-order valence-corrected chi connectivity index (χ4v) is 5.33. The maximum absolute atomic E-state index is 15.3. The number of benzene rings is 1. The molecule has 0 saturated carbocycles. The van der Waals surface area contributed by atoms with E-state index in [1.165, 1.54) is 30.6 Å². The summed E-state index contributed by atoms with van der Waals surface area (Å²) in [7, 11) is 0. The standard InChI is InChI=1S/C25H20ClF2N7O/c26-16-4-2-14(17-9-30-11-32-17)22(23(16)27)12-7-13-1-5-19(35(13)21(36)8-12)25-31-10-18(33-25)15-3-6-20(29)34-24(15)28/h2-4,6,8-11,13,19H,1,5,7H2,(H2,29,34)(H,30,32)(H,31,33)/t13?,19-/m0/s1. The van der Waals surface area contributed by atoms with Crippen LogP contribution in [0.1, 0.15) is 36.7 Å². The van der Waals surface area contributed by atoms with Crippen LogP contribution in [0.15, 0.2) is 49.1 Å². The molecule has 0 radical (unpaired) electrons. The quantitative estimate of drug-likeness (QED) is 0.340. The maximum atomic E-state index is 15.3. The fraction of sp³-hybridized carbons (Fsp3) is 0.200. The number of hydrogen-bond donors (Lipinski definition) is 3. The molecule has 1 saturated heterocycles. The highest BCUT2D eigenvalue weighted by Gasteiger charge is 2.42. The number of amides is 1. The van der Waals surface area contributed by atoms with Crippen LogP contribution in [0.25, 0.3) is 28.1 Å². The molecule has 36 heavy (non-hydrogen) atoms. The van der Waals surface area contributed by atoms with Gasteiger partial charge < -0.3 is 20.6 Å². The largest absolute Gasteiger partial charge is 0.384 e. The summed E-state index contributed by atoms with van der Waals surface area (Å²) in [5.41, 5.74) is 8.25. The predicted octanol–water partition coefficient (Wildman–Crippen LogP) is 4.90. The number of carbonyl (C=O) groups is 1. The SMILES string of the molecule is Nc1ccc(-c2c[nH]c([C@@H]3CCC4CC(c5c(-c6cnc[nH]6)ccc(Cl)c5F)=CC(=O)N43)n2)c(F)n1. The number of H-pyrrole nitrogens is 2. The normalized spacial score (nSPS) is 19.5. The molecule has 6 rings (SSSR count). The average molecular weight is 508 g/mol. The number of fused-ring (bicyclic) bond motifs is 1. The third kappa shape index (κ3) is 3.65. The number of halogens is 3. The Bertz CT molecular complexity index is 1510. The van der Waals surface area contributed by atoms with E-state index in [4.69, 9.17) is 17.3 Å². The van der Waals surface area contributed by atoms with Crippen molar-refractivity contribution in [3.05, 3.63) is 77.2 Å². The lowest BCUT2D eigenvalue weighted by molar-refractivity contribution is -0.129. The summed E-state index contributed by atoms with van der Waals surface area (Å²) in [5.74, 6) is -0.881. The topological polar surface area (TPSA) is 117 Å². The van der Waals surface area contributed by atoms with Gasteiger partial charge in [-0.05, 0) is 43.0 Å². The summed E-state index contributed by atoms with van der Waals surface area (Å²) >= 11 is 6.12. The average Bonchev–Trinajstić information content (AvgIpc) is 3.61. The second-order valence-corrected chi connectivity index (χ2v) is 9.27. The van der Waals surface area contributed by atoms with Gasteiger partial charge in [-0.1, -0.05) is 17.7 Å². The first-order chi connectivity index (χ1) is 17.4. The molecule has 0 aliphatic carbocycles. The molecule has 1 amide bonds. The number of anilines is 1. The Morgan fingerprint density at radius 3 is 2.69 bits per heavy atom. The molecule has 5 heterocycles. The van der Waals surface area contributed by atoms with Crippen LogP contribution in [0.2, 0.25) is 5.02 Å². The number of nitrogen functional groups attached to an aromatic ring is 1. The maximum Gasteiger partial charge on any atom is 0.247 e. The lowest BCUT2D eigenvalue weighted by Crippen LogP contribution is -2.39. The van der Waals surface area contributed by atoms with Gasteiger partial charge in [0.15, 0.2) is 0 Å². The number of imidazole rings is 2. The molecule has 2 aliphatic heterocycles. The van der Waals surface area contributed by atoms with Crippen molar-refractivity contribution in [2.75, 3.05) is 5.73 Å². The molecule has 2 aliphatic rings. The van der Waals surface area contributed by atoms with Crippen molar-refractivity contribution >= 4 is 28.9 Å². The zero-order valence-electron chi connectivity index (χ0n) is 18.8. The van der Waals surface area contributed by atoms with Crippen LogP contribution >= 0.6 is 11.6 Å². The monoisotopic (exact) mass is 507 g/mol. The minimum atomic E-state index is -0.712. The van der Waals surface area contributed by atoms with Gasteiger partial charge in [-0.15, -0.1) is 0 Å². The van der Waals surface area contributed by atoms with Crippen LogP contribution in [-0.2, 0) is 4.79 Å². The van der Waals surface area contributed by atoms with E-state index in [2.05, 4.69) is 24.9 Å². The molecule has 0 bridgehead atoms. The molecule has 4 N–H and O–H groups in total. The van der Waals surface area contributed by atoms with Crippen molar-refractivity contribution in [3.8, 4) is 22.5 Å². The second-order valence-electron chi connectivity index (χ2n) is 8.86. The molecule has 2 atom stereocenters. The van der Waals surface area contributed by atoms with Gasteiger partial charge in [0.2, 0.25) is 11.9 Å². The number of nitrogens with zero attached hydrogens (tertiary/aromatic N) is 4. The number of hydrogen-bond acceptors (Lipinski definition) is 5. The molecule has 8 nitrogen and oxygen atoms in total. The van der Waals surface area contributed by atoms with Gasteiger partial charge in [0.1, 0.15) is 17.5 Å². The Hall–Kier alpha value is -4.05. The Labute approximate surface area is 209 Å². The summed E-state index contributed by atoms with van der Waals surface area (Å²) in [6, 6.07) is 5.79. The minimum Gasteiger partial charge on any atom is -0.384 e. The minimum absolute atomic E-state index is 0.0131. The van der Waals surface area contributed by atoms with E-state index < -0.39 is 11.8 Å². The van der Waals surface area contributed by atoms with Gasteiger partial charge in [0.05, 0.1) is 40.5 Å². The molecular formula is C25H20ClF2N7O. The summed E-state index contributed by atoms with van der Waals surface area (Å²) in [5, 5.41) is -0.0131. The van der Waals surface area contributed by atoms with Gasteiger partial charge in [-0.2, -0.15) is 4.39 Å². The van der Waals surface area contributed by atoms with Crippen LogP contribution in [-0.4, -0.2) is 41.8 Å². The Morgan fingerprint density at radius 1 is 1.08 bits per heavy atom. The summed E-state index contributed by atoms with van der Waals surface area (Å²) in [4.78, 5) is 33.4. The molecule has 1 fully saturated rings. The molecule has 3 aromatic heterocycles. The predicted molar refractivity (Wildman–Crippen MR) is 130 cm³/mol. The van der Waals surface area contributed by atoms with E-state index in [0.29, 0.717) is 53.2 Å². The lowest BCUT2D eigenvalue weighted by atomic mass is 9.89. The van der Waals surface area contributed by atoms with Gasteiger partial charge >= 0.3 is 0 Å². The van der Waals surface area contributed by atoms with Gasteiger partial charge in [0, 0.05) is 29.4 Å². The van der Waals surface area contributed by atoms with E-state index in [1.54, 1.807) is 23.4 Å². The molecule has 0 spiro atoms. The van der Waals surface area contributed by atoms with Crippen molar-refractivity contribution in [2.45, 2.75) is 31.3 Å². The van der Waals surface area contributed by atoms with E-state index in [1.807, 2.05) is 0 Å². The Kier molecular flexibility index (Phi) is 5.33. The highest BCUT2D eigenvalue weighted by atomic mass is 35.5. The van der Waals surface area contributed by atoms with Crippen molar-refractivity contribution in [1.82, 2.24) is 29.8 Å². The van der Waals surface area contributed by atoms with Crippen molar-refractivity contribution in [3.63, 3.8) is 0 Å². The first kappa shape index (κ1) is 22.4. The third-order valence-electron chi connectivity index (χ3n) is 6.77. The number of pyridine rings is 1. The van der Waals surface area contributed by atoms with Crippen molar-refractivity contribution < 1.29 is 13.6 Å². The van der Waals surface area contributed by atoms with E-state index in [9.17, 15) is 9.18 Å². The number of nitrogens with two attached hydrogens (primary N) is 1. The van der Waals surface area contributed by atoms with Crippen LogP contribution in [0.5, 0.6) is 0 Å². The summed E-state index contributed by atoms with van der Waals surface area (Å²) in [6.07, 6.45) is 8.01. The Balaban J connectivity index is 1.33. The summed E-state index contributed by atoms with van der Waals surface area (Å²) < 4.78 is 29.6. The van der Waals surface area contributed by atoms with E-state index in [0.717, 1.165) is 0 Å². The van der Waals surface area contributed by atoms with Crippen LogP contribution in [0.4, 0.5) is 14.6 Å². The van der Waals surface area contributed by atoms with Gasteiger partial charge in [-0.25, -0.2) is 19.3 Å². The van der Waals surface area contributed by atoms with Crippen LogP contribution < -0.4 is 5.73 Å². The highest BCUT2D eigenvalue weighted by Crippen LogP contribution is 2.44. The van der Waals surface area contributed by atoms with Gasteiger partial charge in [-0.3, -0.25) is 4.79 Å². The van der Waals surface area contributed by atoms with E-state index >= 15 is 4.39 Å². The molecule has 11 heteroatoms. The third-order valence-corrected chi connectivity index (χ3v) is 7.07. The van der Waals surface area contributed by atoms with Crippen LogP contribution in [0, 0.1) is 11.8 Å². The first-order valence-corrected chi connectivity index (χ1v) is 11.8. The fourth-order valence-electron chi connectivity index (χ4n) is 5.17. The first-order valence-electron chi connectivity index (χ1n) is 11.4. The molecule has 1 aromatic carbocycles. The zero-order chi connectivity index (χ0) is 25.0. The molecule has 182 valence electrons. The number of rotatable bonds is 4. The van der Waals surface area contributed by atoms with Crippen LogP contribution in [0.3, 0.4) is 0 Å². The number of nitrogens with one attached hydrogen (secondary N) is 2. The molecular weight excluding hydrogens is 488 g/mol. The summed E-state index contributed by atoms with van der Waals surface area (Å²) in [6.45, 7) is 0. The lowest BCUT2D eigenvalue weighted by Gasteiger charge is -2.33. The van der Waals surface area contributed by atoms with Gasteiger partial charge in [0.25, 0.3) is 0 Å². The smallest absolute Gasteiger partial charge is 0.247 e. The highest BCUT2D eigenvalue weighted by molar-refractivity contribution is 6.31. The zero-order valence-corrected chi connectivity index (χ0v) is 19.6. The number of aromatic nitrogens is 5. The second kappa shape index (κ2) is 8.56. The van der Waals surface area contributed by atoms with Crippen molar-refractivity contribution in [1.29, 1.82) is 0 Å². The van der Waals surface area contributed by atoms with E-state index in [-0.39, 0.29) is 34.4 Å². The Morgan fingerprint density at radius 2 is 1.92 bits per heavy atom. The number of carbonyl (C=O) groups excluding carboxylic acids is 1. The molecule has 4 aromatic rings. The number of aromatic amines is 2. The molecule has 1 unspecified atom stereocenters. The van der Waals surface area contributed by atoms with Crippen molar-refractivity contribution in [2.24, 2.45) is 0 Å².